The van der Waals surface area contributed by atoms with Crippen molar-refractivity contribution in [1.29, 1.82) is 0 Å². The van der Waals surface area contributed by atoms with Gasteiger partial charge in [0, 0.05) is 11.5 Å². The predicted molar refractivity (Wildman–Crippen MR) is 50.1 cm³/mol. The van der Waals surface area contributed by atoms with E-state index >= 15 is 0 Å². The first-order valence-electron chi connectivity index (χ1n) is 3.89. The molecule has 0 N–H and O–H groups in total. The molecule has 1 unspecified atom stereocenters. The van der Waals surface area contributed by atoms with Crippen molar-refractivity contribution in [3.8, 4) is 0 Å². The Balaban J connectivity index is 3.05. The standard InChI is InChI=1S/C9H12FOP/c1-3-12(2,11)9-6-4-8(10)5-7-9/h4-7H,3H2,1-2H3. The minimum atomic E-state index is -2.21. The third-order valence-electron chi connectivity index (χ3n) is 1.98. The lowest BCUT2D eigenvalue weighted by atomic mass is 10.4. The molecule has 1 aromatic rings. The summed E-state index contributed by atoms with van der Waals surface area (Å²) in [6.45, 7) is 3.60. The lowest BCUT2D eigenvalue weighted by Crippen LogP contribution is -2.04. The number of hydrogen-bond donors (Lipinski definition) is 0. The molecule has 0 aromatic heterocycles. The minimum absolute atomic E-state index is 0.283. The number of benzene rings is 1. The molecule has 0 radical (unpaired) electrons. The van der Waals surface area contributed by atoms with Crippen molar-refractivity contribution in [2.24, 2.45) is 0 Å². The van der Waals surface area contributed by atoms with Crippen LogP contribution in [0.2, 0.25) is 0 Å². The maximum atomic E-state index is 12.5. The van der Waals surface area contributed by atoms with Crippen molar-refractivity contribution in [2.75, 3.05) is 12.8 Å². The Labute approximate surface area is 72.0 Å². The van der Waals surface area contributed by atoms with E-state index in [0.29, 0.717) is 6.16 Å². The Morgan fingerprint density at radius 2 is 1.83 bits per heavy atom. The van der Waals surface area contributed by atoms with Crippen LogP contribution in [0.5, 0.6) is 0 Å². The molecule has 0 aliphatic heterocycles. The van der Waals surface area contributed by atoms with Crippen LogP contribution in [0.4, 0.5) is 4.39 Å². The van der Waals surface area contributed by atoms with Crippen molar-refractivity contribution >= 4 is 12.4 Å². The van der Waals surface area contributed by atoms with E-state index < -0.39 is 7.14 Å². The highest BCUT2D eigenvalue weighted by Crippen LogP contribution is 2.38. The highest BCUT2D eigenvalue weighted by molar-refractivity contribution is 7.70. The average Bonchev–Trinajstić information content (AvgIpc) is 2.05. The fraction of sp³-hybridized carbons (Fsp3) is 0.333. The van der Waals surface area contributed by atoms with Crippen LogP contribution in [0.25, 0.3) is 0 Å². The normalized spacial score (nSPS) is 15.6. The fourth-order valence-electron chi connectivity index (χ4n) is 0.939. The number of halogens is 1. The Morgan fingerprint density at radius 3 is 2.25 bits per heavy atom. The molecular weight excluding hydrogens is 174 g/mol. The van der Waals surface area contributed by atoms with E-state index in [1.807, 2.05) is 6.92 Å². The van der Waals surface area contributed by atoms with E-state index in [1.54, 1.807) is 18.8 Å². The highest BCUT2D eigenvalue weighted by Gasteiger charge is 2.14. The van der Waals surface area contributed by atoms with E-state index in [0.717, 1.165) is 5.30 Å². The van der Waals surface area contributed by atoms with E-state index in [2.05, 4.69) is 0 Å². The second kappa shape index (κ2) is 3.40. The lowest BCUT2D eigenvalue weighted by molar-refractivity contribution is 0.585. The summed E-state index contributed by atoms with van der Waals surface area (Å²) in [5, 5.41) is 0.756. The van der Waals surface area contributed by atoms with Gasteiger partial charge in [-0.15, -0.1) is 0 Å². The van der Waals surface area contributed by atoms with Gasteiger partial charge in [0.1, 0.15) is 13.0 Å². The predicted octanol–water partition coefficient (Wildman–Crippen LogP) is 2.46. The summed E-state index contributed by atoms with van der Waals surface area (Å²) in [6.07, 6.45) is 0.624. The molecule has 1 nitrogen and oxygen atoms in total. The molecule has 3 heteroatoms. The van der Waals surface area contributed by atoms with Gasteiger partial charge >= 0.3 is 0 Å². The van der Waals surface area contributed by atoms with Gasteiger partial charge in [0.25, 0.3) is 0 Å². The molecule has 0 heterocycles. The first-order valence-corrected chi connectivity index (χ1v) is 6.23. The largest absolute Gasteiger partial charge is 0.319 e. The molecule has 1 aromatic carbocycles. The molecule has 0 aliphatic rings. The molecule has 0 saturated carbocycles. The minimum Gasteiger partial charge on any atom is -0.319 e. The van der Waals surface area contributed by atoms with Crippen molar-refractivity contribution < 1.29 is 8.96 Å². The molecular formula is C9H12FOP. The lowest BCUT2D eigenvalue weighted by Gasteiger charge is -2.09. The SMILES string of the molecule is CCP(C)(=O)c1ccc(F)cc1. The second-order valence-electron chi connectivity index (χ2n) is 2.89. The van der Waals surface area contributed by atoms with E-state index in [9.17, 15) is 8.96 Å². The molecule has 0 bridgehead atoms. The first kappa shape index (κ1) is 9.47. The zero-order valence-electron chi connectivity index (χ0n) is 7.25. The van der Waals surface area contributed by atoms with Crippen LogP contribution in [0.1, 0.15) is 6.92 Å². The first-order chi connectivity index (χ1) is 5.56. The van der Waals surface area contributed by atoms with Crippen molar-refractivity contribution in [1.82, 2.24) is 0 Å². The summed E-state index contributed by atoms with van der Waals surface area (Å²) in [5.74, 6) is -0.283. The van der Waals surface area contributed by atoms with Crippen LogP contribution in [-0.4, -0.2) is 12.8 Å². The van der Waals surface area contributed by atoms with Crippen LogP contribution < -0.4 is 5.30 Å². The summed E-state index contributed by atoms with van der Waals surface area (Å²) >= 11 is 0. The fourth-order valence-corrected chi connectivity index (χ4v) is 2.08. The maximum absolute atomic E-state index is 12.5. The van der Waals surface area contributed by atoms with Gasteiger partial charge < -0.3 is 4.57 Å². The number of hydrogen-bond acceptors (Lipinski definition) is 1. The average molecular weight is 186 g/mol. The van der Waals surface area contributed by atoms with Gasteiger partial charge in [-0.1, -0.05) is 6.92 Å². The maximum Gasteiger partial charge on any atom is 0.123 e. The monoisotopic (exact) mass is 186 g/mol. The summed E-state index contributed by atoms with van der Waals surface area (Å²) in [6, 6.07) is 5.89. The third-order valence-corrected chi connectivity index (χ3v) is 4.57. The van der Waals surface area contributed by atoms with Gasteiger partial charge in [-0.2, -0.15) is 0 Å². The van der Waals surface area contributed by atoms with E-state index in [4.69, 9.17) is 0 Å². The van der Waals surface area contributed by atoms with Crippen LogP contribution in [0.15, 0.2) is 24.3 Å². The molecule has 66 valence electrons. The molecule has 0 amide bonds. The molecule has 1 rings (SSSR count). The molecule has 0 fully saturated rings. The molecule has 0 aliphatic carbocycles. The summed E-state index contributed by atoms with van der Waals surface area (Å²) in [7, 11) is -2.21. The summed E-state index contributed by atoms with van der Waals surface area (Å²) < 4.78 is 24.3. The van der Waals surface area contributed by atoms with E-state index in [-0.39, 0.29) is 5.82 Å². The zero-order valence-corrected chi connectivity index (χ0v) is 8.14. The van der Waals surface area contributed by atoms with E-state index in [1.165, 1.54) is 12.1 Å². The Morgan fingerprint density at radius 1 is 1.33 bits per heavy atom. The van der Waals surface area contributed by atoms with Crippen LogP contribution in [0.3, 0.4) is 0 Å². The Bertz CT molecular complexity index is 305. The van der Waals surface area contributed by atoms with Gasteiger partial charge in [0.2, 0.25) is 0 Å². The van der Waals surface area contributed by atoms with Crippen LogP contribution in [0, 0.1) is 5.82 Å². The van der Waals surface area contributed by atoms with Gasteiger partial charge in [-0.05, 0) is 30.9 Å². The van der Waals surface area contributed by atoms with Gasteiger partial charge in [0.05, 0.1) is 0 Å². The van der Waals surface area contributed by atoms with Crippen molar-refractivity contribution in [2.45, 2.75) is 6.92 Å². The summed E-state index contributed by atoms with van der Waals surface area (Å²) in [4.78, 5) is 0. The second-order valence-corrected chi connectivity index (χ2v) is 6.24. The van der Waals surface area contributed by atoms with Crippen LogP contribution >= 0.6 is 7.14 Å². The highest BCUT2D eigenvalue weighted by atomic mass is 31.2. The van der Waals surface area contributed by atoms with Gasteiger partial charge in [-0.25, -0.2) is 4.39 Å². The quantitative estimate of drug-likeness (QED) is 0.648. The van der Waals surface area contributed by atoms with Crippen molar-refractivity contribution in [3.05, 3.63) is 30.1 Å². The Hall–Kier alpha value is -0.620. The Kier molecular flexibility index (Phi) is 2.69. The number of rotatable bonds is 2. The third kappa shape index (κ3) is 1.95. The zero-order chi connectivity index (χ0) is 9.19. The summed E-state index contributed by atoms with van der Waals surface area (Å²) in [5.41, 5.74) is 0. The molecule has 0 saturated heterocycles. The molecule has 12 heavy (non-hydrogen) atoms. The topological polar surface area (TPSA) is 17.1 Å². The van der Waals surface area contributed by atoms with Gasteiger partial charge in [-0.3, -0.25) is 0 Å². The molecule has 1 atom stereocenters. The molecule has 0 spiro atoms. The van der Waals surface area contributed by atoms with Crippen molar-refractivity contribution in [3.63, 3.8) is 0 Å². The van der Waals surface area contributed by atoms with Gasteiger partial charge in [0.15, 0.2) is 0 Å². The van der Waals surface area contributed by atoms with Crippen LogP contribution in [-0.2, 0) is 4.57 Å². The smallest absolute Gasteiger partial charge is 0.123 e.